The van der Waals surface area contributed by atoms with Gasteiger partial charge in [-0.1, -0.05) is 47.5 Å². The molecule has 0 aliphatic carbocycles. The molecule has 0 amide bonds. The first-order valence-electron chi connectivity index (χ1n) is 10.0. The summed E-state index contributed by atoms with van der Waals surface area (Å²) in [6.45, 7) is 2.71. The van der Waals surface area contributed by atoms with Crippen LogP contribution in [-0.4, -0.2) is 44.0 Å². The van der Waals surface area contributed by atoms with Gasteiger partial charge in [-0.2, -0.15) is 9.61 Å². The smallest absolute Gasteiger partial charge is 0.240 e. The van der Waals surface area contributed by atoms with E-state index in [1.807, 2.05) is 31.2 Å². The molecule has 0 aliphatic rings. The van der Waals surface area contributed by atoms with E-state index in [4.69, 9.17) is 19.4 Å². The summed E-state index contributed by atoms with van der Waals surface area (Å²) < 4.78 is 29.1. The Kier molecular flexibility index (Phi) is 6.50. The standard InChI is InChI=1S/C22H21BClN5O2S/c1-15-7-9-16(10-8-15)32(30,31)27-12-4-11-25-21-13-20(17-5-2-3-6-19(17)24)28-22-18(23)14-26-29(21)22/h2-3,5-10,13-14,25,27H,4,11-12H2,1H3. The molecule has 2 N–H and O–H groups in total. The van der Waals surface area contributed by atoms with Crippen LogP contribution in [0.5, 0.6) is 0 Å². The van der Waals surface area contributed by atoms with Gasteiger partial charge in [0, 0.05) is 35.9 Å². The molecule has 2 aromatic heterocycles. The number of nitrogens with one attached hydrogen (secondary N) is 2. The summed E-state index contributed by atoms with van der Waals surface area (Å²) in [6.07, 6.45) is 2.10. The zero-order chi connectivity index (χ0) is 22.7. The highest BCUT2D eigenvalue weighted by atomic mass is 35.5. The van der Waals surface area contributed by atoms with Gasteiger partial charge in [-0.3, -0.25) is 0 Å². The van der Waals surface area contributed by atoms with Gasteiger partial charge in [-0.25, -0.2) is 18.1 Å². The van der Waals surface area contributed by atoms with Gasteiger partial charge in [0.05, 0.1) is 10.6 Å². The first-order valence-corrected chi connectivity index (χ1v) is 11.9. The van der Waals surface area contributed by atoms with E-state index < -0.39 is 10.0 Å². The van der Waals surface area contributed by atoms with Crippen molar-refractivity contribution in [1.29, 1.82) is 0 Å². The Morgan fingerprint density at radius 1 is 1.09 bits per heavy atom. The Bertz CT molecular complexity index is 1360. The van der Waals surface area contributed by atoms with Crippen LogP contribution in [0.4, 0.5) is 5.82 Å². The molecule has 0 saturated carbocycles. The van der Waals surface area contributed by atoms with E-state index in [2.05, 4.69) is 20.1 Å². The Morgan fingerprint density at radius 3 is 2.59 bits per heavy atom. The number of anilines is 1. The Hall–Kier alpha value is -2.88. The van der Waals surface area contributed by atoms with Crippen molar-refractivity contribution in [3.8, 4) is 11.3 Å². The topological polar surface area (TPSA) is 88.4 Å². The van der Waals surface area contributed by atoms with Crippen molar-refractivity contribution in [3.63, 3.8) is 0 Å². The monoisotopic (exact) mass is 465 g/mol. The van der Waals surface area contributed by atoms with Crippen LogP contribution in [0, 0.1) is 6.92 Å². The van der Waals surface area contributed by atoms with Gasteiger partial charge in [0.1, 0.15) is 13.7 Å². The molecule has 2 heterocycles. The number of halogens is 1. The Morgan fingerprint density at radius 2 is 1.84 bits per heavy atom. The summed E-state index contributed by atoms with van der Waals surface area (Å²) in [5.41, 5.74) is 3.43. The third kappa shape index (κ3) is 4.80. The highest BCUT2D eigenvalue weighted by Gasteiger charge is 2.14. The van der Waals surface area contributed by atoms with Crippen molar-refractivity contribution >= 4 is 46.4 Å². The highest BCUT2D eigenvalue weighted by Crippen LogP contribution is 2.28. The van der Waals surface area contributed by atoms with E-state index in [0.717, 1.165) is 11.1 Å². The van der Waals surface area contributed by atoms with Crippen molar-refractivity contribution in [2.75, 3.05) is 18.4 Å². The first-order chi connectivity index (χ1) is 15.3. The summed E-state index contributed by atoms with van der Waals surface area (Å²) in [5.74, 6) is 0.683. The van der Waals surface area contributed by atoms with E-state index in [-0.39, 0.29) is 11.4 Å². The van der Waals surface area contributed by atoms with Crippen LogP contribution in [0.2, 0.25) is 5.02 Å². The lowest BCUT2D eigenvalue weighted by Crippen LogP contribution is -2.26. The molecule has 2 aromatic carbocycles. The third-order valence-corrected chi connectivity index (χ3v) is 6.74. The molecule has 0 aliphatic heterocycles. The van der Waals surface area contributed by atoms with Gasteiger partial charge in [-0.05, 0) is 37.0 Å². The summed E-state index contributed by atoms with van der Waals surface area (Å²) >= 11 is 6.34. The molecule has 0 fully saturated rings. The van der Waals surface area contributed by atoms with Gasteiger partial charge in [0.2, 0.25) is 10.0 Å². The molecule has 0 spiro atoms. The predicted octanol–water partition coefficient (Wildman–Crippen LogP) is 2.93. The van der Waals surface area contributed by atoms with Crippen molar-refractivity contribution < 1.29 is 8.42 Å². The maximum Gasteiger partial charge on any atom is 0.240 e. The van der Waals surface area contributed by atoms with Crippen LogP contribution in [-0.2, 0) is 10.0 Å². The average molecular weight is 466 g/mol. The van der Waals surface area contributed by atoms with E-state index >= 15 is 0 Å². The molecule has 4 aromatic rings. The minimum Gasteiger partial charge on any atom is -0.370 e. The fraction of sp³-hybridized carbons (Fsp3) is 0.182. The van der Waals surface area contributed by atoms with E-state index in [0.29, 0.717) is 40.6 Å². The number of hydrogen-bond acceptors (Lipinski definition) is 5. The van der Waals surface area contributed by atoms with E-state index in [1.165, 1.54) is 0 Å². The lowest BCUT2D eigenvalue weighted by Gasteiger charge is -2.12. The fourth-order valence-electron chi connectivity index (χ4n) is 3.22. The van der Waals surface area contributed by atoms with Crippen molar-refractivity contribution in [1.82, 2.24) is 19.3 Å². The maximum atomic E-state index is 12.4. The van der Waals surface area contributed by atoms with Gasteiger partial charge in [0.25, 0.3) is 0 Å². The van der Waals surface area contributed by atoms with Gasteiger partial charge < -0.3 is 5.32 Å². The van der Waals surface area contributed by atoms with E-state index in [1.54, 1.807) is 41.0 Å². The third-order valence-electron chi connectivity index (χ3n) is 4.93. The number of aryl methyl sites for hydroxylation is 1. The second-order valence-corrected chi connectivity index (χ2v) is 9.51. The van der Waals surface area contributed by atoms with Crippen LogP contribution in [0.25, 0.3) is 16.9 Å². The number of benzene rings is 2. The predicted molar refractivity (Wildman–Crippen MR) is 128 cm³/mol. The number of aromatic nitrogens is 3. The molecule has 4 rings (SSSR count). The summed E-state index contributed by atoms with van der Waals surface area (Å²) in [7, 11) is 2.50. The Balaban J connectivity index is 1.45. The van der Waals surface area contributed by atoms with Crippen molar-refractivity contribution in [3.05, 3.63) is 71.4 Å². The zero-order valence-corrected chi connectivity index (χ0v) is 19.0. The SMILES string of the molecule is [B]c1cnn2c(NCCCNS(=O)(=O)c3ccc(C)cc3)cc(-c3ccccc3Cl)nc12. The van der Waals surface area contributed by atoms with Gasteiger partial charge in [-0.15, -0.1) is 0 Å². The molecular formula is C22H21BClN5O2S. The van der Waals surface area contributed by atoms with Crippen molar-refractivity contribution in [2.45, 2.75) is 18.2 Å². The van der Waals surface area contributed by atoms with Gasteiger partial charge in [0.15, 0.2) is 5.65 Å². The minimum absolute atomic E-state index is 0.253. The summed E-state index contributed by atoms with van der Waals surface area (Å²) in [6, 6.07) is 16.0. The molecule has 0 unspecified atom stereocenters. The largest absolute Gasteiger partial charge is 0.370 e. The van der Waals surface area contributed by atoms with Crippen LogP contribution < -0.4 is 15.5 Å². The molecule has 10 heteroatoms. The molecule has 162 valence electrons. The van der Waals surface area contributed by atoms with Crippen LogP contribution in [0.1, 0.15) is 12.0 Å². The molecule has 32 heavy (non-hydrogen) atoms. The molecule has 0 bridgehead atoms. The van der Waals surface area contributed by atoms with Crippen LogP contribution in [0.3, 0.4) is 0 Å². The molecule has 0 atom stereocenters. The number of fused-ring (bicyclic) bond motifs is 1. The van der Waals surface area contributed by atoms with Gasteiger partial charge >= 0.3 is 0 Å². The molecular weight excluding hydrogens is 445 g/mol. The Labute approximate surface area is 193 Å². The zero-order valence-electron chi connectivity index (χ0n) is 17.4. The highest BCUT2D eigenvalue weighted by molar-refractivity contribution is 7.89. The maximum absolute atomic E-state index is 12.4. The summed E-state index contributed by atoms with van der Waals surface area (Å²) in [5, 5.41) is 8.16. The second-order valence-electron chi connectivity index (χ2n) is 7.33. The quantitative estimate of drug-likeness (QED) is 0.308. The molecule has 7 nitrogen and oxygen atoms in total. The lowest BCUT2D eigenvalue weighted by molar-refractivity contribution is 0.580. The molecule has 0 saturated heterocycles. The number of nitrogens with zero attached hydrogens (tertiary/aromatic N) is 3. The normalized spacial score (nSPS) is 11.7. The first kappa shape index (κ1) is 22.3. The summed E-state index contributed by atoms with van der Waals surface area (Å²) in [4.78, 5) is 4.86. The van der Waals surface area contributed by atoms with Crippen molar-refractivity contribution in [2.24, 2.45) is 0 Å². The average Bonchev–Trinajstić information content (AvgIpc) is 3.15. The number of hydrogen-bond donors (Lipinski definition) is 2. The van der Waals surface area contributed by atoms with Crippen LogP contribution in [0.15, 0.2) is 65.7 Å². The van der Waals surface area contributed by atoms with Crippen LogP contribution >= 0.6 is 11.6 Å². The lowest BCUT2D eigenvalue weighted by atomic mass is 10.0. The van der Waals surface area contributed by atoms with E-state index in [9.17, 15) is 8.42 Å². The minimum atomic E-state index is -3.54. The fourth-order valence-corrected chi connectivity index (χ4v) is 4.53. The number of rotatable bonds is 8. The molecule has 2 radical (unpaired) electrons. The number of sulfonamides is 1. The second kappa shape index (κ2) is 9.32.